The number of hydrogen-bond acceptors (Lipinski definition) is 2. The second-order valence-corrected chi connectivity index (χ2v) is 5.74. The fourth-order valence-electron chi connectivity index (χ4n) is 3.04. The van der Waals surface area contributed by atoms with Crippen LogP contribution in [-0.2, 0) is 6.54 Å². The standard InChI is InChI=1S/C15H20ClN3/c16-8-12-4-3-5-13(12)9-17-10-14-11-19-7-2-1-6-15(19)18-14/h1-2,6-7,11-13,17H,3-5,8-10H2. The summed E-state index contributed by atoms with van der Waals surface area (Å²) < 4.78 is 2.06. The van der Waals surface area contributed by atoms with E-state index in [-0.39, 0.29) is 0 Å². The number of aromatic nitrogens is 2. The SMILES string of the molecule is ClCC1CCCC1CNCc1cn2ccccc2n1. The Morgan fingerprint density at radius 3 is 3.05 bits per heavy atom. The lowest BCUT2D eigenvalue weighted by Gasteiger charge is -2.17. The van der Waals surface area contributed by atoms with Gasteiger partial charge < -0.3 is 9.72 Å². The number of hydrogen-bond donors (Lipinski definition) is 1. The molecule has 2 unspecified atom stereocenters. The first-order valence-electron chi connectivity index (χ1n) is 7.06. The minimum Gasteiger partial charge on any atom is -0.311 e. The first-order chi connectivity index (χ1) is 9.36. The van der Waals surface area contributed by atoms with Crippen LogP contribution in [0.25, 0.3) is 5.65 Å². The van der Waals surface area contributed by atoms with Gasteiger partial charge in [0, 0.05) is 24.8 Å². The van der Waals surface area contributed by atoms with Crippen LogP contribution in [0.4, 0.5) is 0 Å². The van der Waals surface area contributed by atoms with E-state index in [2.05, 4.69) is 20.9 Å². The first kappa shape index (κ1) is 12.9. The Balaban J connectivity index is 1.54. The second kappa shape index (κ2) is 5.93. The van der Waals surface area contributed by atoms with Crippen molar-refractivity contribution in [3.63, 3.8) is 0 Å². The summed E-state index contributed by atoms with van der Waals surface area (Å²) in [6.07, 6.45) is 8.07. The van der Waals surface area contributed by atoms with Gasteiger partial charge in [0.15, 0.2) is 0 Å². The van der Waals surface area contributed by atoms with Crippen molar-refractivity contribution in [2.75, 3.05) is 12.4 Å². The lowest BCUT2D eigenvalue weighted by atomic mass is 9.98. The van der Waals surface area contributed by atoms with Crippen LogP contribution in [0.1, 0.15) is 25.0 Å². The maximum atomic E-state index is 6.01. The van der Waals surface area contributed by atoms with Crippen LogP contribution in [0.3, 0.4) is 0 Å². The fourth-order valence-corrected chi connectivity index (χ4v) is 3.45. The summed E-state index contributed by atoms with van der Waals surface area (Å²) in [5.74, 6) is 2.26. The van der Waals surface area contributed by atoms with Gasteiger partial charge in [-0.05, 0) is 43.4 Å². The van der Waals surface area contributed by atoms with Crippen LogP contribution in [0.15, 0.2) is 30.6 Å². The van der Waals surface area contributed by atoms with Crippen molar-refractivity contribution in [3.05, 3.63) is 36.3 Å². The van der Waals surface area contributed by atoms with Crippen molar-refractivity contribution in [2.24, 2.45) is 11.8 Å². The third kappa shape index (κ3) is 2.93. The molecule has 0 bridgehead atoms. The maximum absolute atomic E-state index is 6.01. The Hall–Kier alpha value is -1.06. The second-order valence-electron chi connectivity index (χ2n) is 5.43. The number of alkyl halides is 1. The van der Waals surface area contributed by atoms with Crippen molar-refractivity contribution in [3.8, 4) is 0 Å². The highest BCUT2D eigenvalue weighted by atomic mass is 35.5. The number of fused-ring (bicyclic) bond motifs is 1. The molecule has 1 aliphatic rings. The molecule has 2 aromatic rings. The molecule has 0 spiro atoms. The molecule has 2 atom stereocenters. The van der Waals surface area contributed by atoms with E-state index in [0.717, 1.165) is 36.2 Å². The van der Waals surface area contributed by atoms with Gasteiger partial charge >= 0.3 is 0 Å². The van der Waals surface area contributed by atoms with Gasteiger partial charge in [-0.2, -0.15) is 0 Å². The number of nitrogens with one attached hydrogen (secondary N) is 1. The predicted octanol–water partition coefficient (Wildman–Crippen LogP) is 3.08. The minimum absolute atomic E-state index is 0.704. The van der Waals surface area contributed by atoms with E-state index in [0.29, 0.717) is 5.92 Å². The van der Waals surface area contributed by atoms with Crippen LogP contribution in [0, 0.1) is 11.8 Å². The van der Waals surface area contributed by atoms with E-state index in [1.165, 1.54) is 19.3 Å². The summed E-state index contributed by atoms with van der Waals surface area (Å²) in [5, 5.41) is 3.53. The summed E-state index contributed by atoms with van der Waals surface area (Å²) in [4.78, 5) is 4.59. The molecule has 0 radical (unpaired) electrons. The van der Waals surface area contributed by atoms with E-state index >= 15 is 0 Å². The van der Waals surface area contributed by atoms with Gasteiger partial charge in [0.25, 0.3) is 0 Å². The Labute approximate surface area is 119 Å². The minimum atomic E-state index is 0.704. The molecule has 1 saturated carbocycles. The highest BCUT2D eigenvalue weighted by Gasteiger charge is 2.25. The molecule has 19 heavy (non-hydrogen) atoms. The molecule has 1 aliphatic carbocycles. The molecule has 1 N–H and O–H groups in total. The van der Waals surface area contributed by atoms with Gasteiger partial charge in [-0.3, -0.25) is 0 Å². The summed E-state index contributed by atoms with van der Waals surface area (Å²) in [6.45, 7) is 1.90. The fraction of sp³-hybridized carbons (Fsp3) is 0.533. The molecule has 0 amide bonds. The van der Waals surface area contributed by atoms with Gasteiger partial charge in [-0.15, -0.1) is 11.6 Å². The van der Waals surface area contributed by atoms with Crippen molar-refractivity contribution < 1.29 is 0 Å². The van der Waals surface area contributed by atoms with Crippen molar-refractivity contribution in [1.82, 2.24) is 14.7 Å². The third-order valence-electron chi connectivity index (χ3n) is 4.14. The zero-order chi connectivity index (χ0) is 13.1. The van der Waals surface area contributed by atoms with Gasteiger partial charge in [-0.1, -0.05) is 12.5 Å². The summed E-state index contributed by atoms with van der Waals surface area (Å²) in [7, 11) is 0. The molecule has 102 valence electrons. The van der Waals surface area contributed by atoms with E-state index in [9.17, 15) is 0 Å². The number of rotatable bonds is 5. The molecular weight excluding hydrogens is 258 g/mol. The van der Waals surface area contributed by atoms with Gasteiger partial charge in [0.2, 0.25) is 0 Å². The smallest absolute Gasteiger partial charge is 0.137 e. The molecule has 2 heterocycles. The molecule has 3 rings (SSSR count). The lowest BCUT2D eigenvalue weighted by Crippen LogP contribution is -2.25. The van der Waals surface area contributed by atoms with Crippen LogP contribution in [0.5, 0.6) is 0 Å². The Morgan fingerprint density at radius 1 is 1.32 bits per heavy atom. The average Bonchev–Trinajstić information content (AvgIpc) is 3.04. The Bertz CT molecular complexity index is 504. The number of nitrogens with zero attached hydrogens (tertiary/aromatic N) is 2. The molecular formula is C15H20ClN3. The number of imidazole rings is 1. The first-order valence-corrected chi connectivity index (χ1v) is 7.59. The van der Waals surface area contributed by atoms with Gasteiger partial charge in [0.1, 0.15) is 5.65 Å². The normalized spacial score (nSPS) is 23.2. The number of pyridine rings is 1. The predicted molar refractivity (Wildman–Crippen MR) is 78.4 cm³/mol. The van der Waals surface area contributed by atoms with Crippen LogP contribution in [-0.4, -0.2) is 21.8 Å². The van der Waals surface area contributed by atoms with Crippen LogP contribution < -0.4 is 5.32 Å². The highest BCUT2D eigenvalue weighted by molar-refractivity contribution is 6.18. The highest BCUT2D eigenvalue weighted by Crippen LogP contribution is 2.31. The topological polar surface area (TPSA) is 29.3 Å². The van der Waals surface area contributed by atoms with E-state index in [1.807, 2.05) is 24.4 Å². The summed E-state index contributed by atoms with van der Waals surface area (Å²) >= 11 is 6.01. The zero-order valence-corrected chi connectivity index (χ0v) is 11.8. The van der Waals surface area contributed by atoms with Gasteiger partial charge in [-0.25, -0.2) is 4.98 Å². The maximum Gasteiger partial charge on any atom is 0.137 e. The molecule has 2 aromatic heterocycles. The Morgan fingerprint density at radius 2 is 2.21 bits per heavy atom. The molecule has 0 saturated heterocycles. The monoisotopic (exact) mass is 277 g/mol. The molecule has 1 fully saturated rings. The molecule has 0 aliphatic heterocycles. The Kier molecular flexibility index (Phi) is 4.04. The molecule has 0 aromatic carbocycles. The molecule has 3 nitrogen and oxygen atoms in total. The van der Waals surface area contributed by atoms with Crippen molar-refractivity contribution in [2.45, 2.75) is 25.8 Å². The van der Waals surface area contributed by atoms with Crippen molar-refractivity contribution >= 4 is 17.2 Å². The van der Waals surface area contributed by atoms with E-state index in [1.54, 1.807) is 0 Å². The zero-order valence-electron chi connectivity index (χ0n) is 11.1. The third-order valence-corrected chi connectivity index (χ3v) is 4.54. The van der Waals surface area contributed by atoms with Crippen LogP contribution >= 0.6 is 11.6 Å². The summed E-state index contributed by atoms with van der Waals surface area (Å²) in [5.41, 5.74) is 2.12. The van der Waals surface area contributed by atoms with E-state index in [4.69, 9.17) is 11.6 Å². The van der Waals surface area contributed by atoms with Crippen molar-refractivity contribution in [1.29, 1.82) is 0 Å². The quantitative estimate of drug-likeness (QED) is 0.851. The lowest BCUT2D eigenvalue weighted by molar-refractivity contribution is 0.395. The average molecular weight is 278 g/mol. The largest absolute Gasteiger partial charge is 0.311 e. The van der Waals surface area contributed by atoms with Gasteiger partial charge in [0.05, 0.1) is 5.69 Å². The summed E-state index contributed by atoms with van der Waals surface area (Å²) in [6, 6.07) is 6.07. The molecule has 4 heteroatoms. The van der Waals surface area contributed by atoms with E-state index < -0.39 is 0 Å². The van der Waals surface area contributed by atoms with Crippen LogP contribution in [0.2, 0.25) is 0 Å². The number of halogens is 1.